The third kappa shape index (κ3) is 6.89. The van der Waals surface area contributed by atoms with E-state index in [0.29, 0.717) is 45.0 Å². The highest BCUT2D eigenvalue weighted by molar-refractivity contribution is 5.89. The molecule has 39 heavy (non-hydrogen) atoms. The Morgan fingerprint density at radius 2 is 1.74 bits per heavy atom. The summed E-state index contributed by atoms with van der Waals surface area (Å²) in [6, 6.07) is 0.0496. The number of nitrogens with zero attached hydrogens (tertiary/aromatic N) is 4. The highest BCUT2D eigenvalue weighted by Crippen LogP contribution is 2.32. The molecule has 0 spiro atoms. The van der Waals surface area contributed by atoms with E-state index in [-0.39, 0.29) is 50.3 Å². The number of carbonyl (C=O) groups is 2. The maximum Gasteiger partial charge on any atom is 0.449 e. The van der Waals surface area contributed by atoms with Crippen molar-refractivity contribution in [2.24, 2.45) is 5.73 Å². The van der Waals surface area contributed by atoms with E-state index in [9.17, 15) is 35.9 Å². The molecule has 2 aliphatic heterocycles. The SMILES string of the molecule is N[C@@H](CC(=O)N1CCn2c(C(F)(F)F)nc(C(=O)OCCN3CCOCC3)c2C1)Cc1cc(F)c(F)cc1F. The predicted molar refractivity (Wildman–Crippen MR) is 123 cm³/mol. The van der Waals surface area contributed by atoms with Crippen LogP contribution in [0.3, 0.4) is 0 Å². The Morgan fingerprint density at radius 1 is 1.05 bits per heavy atom. The van der Waals surface area contributed by atoms with Crippen LogP contribution in [0.4, 0.5) is 26.3 Å². The molecule has 1 aromatic carbocycles. The Kier molecular flexibility index (Phi) is 8.81. The number of amides is 1. The van der Waals surface area contributed by atoms with Crippen LogP contribution in [0.1, 0.15) is 34.0 Å². The van der Waals surface area contributed by atoms with Crippen molar-refractivity contribution in [2.75, 3.05) is 46.0 Å². The molecule has 2 aromatic rings. The van der Waals surface area contributed by atoms with Gasteiger partial charge in [0.2, 0.25) is 11.7 Å². The van der Waals surface area contributed by atoms with Gasteiger partial charge >= 0.3 is 12.1 Å². The van der Waals surface area contributed by atoms with Crippen molar-refractivity contribution >= 4 is 11.9 Å². The normalized spacial score (nSPS) is 17.2. The van der Waals surface area contributed by atoms with E-state index in [1.807, 2.05) is 4.90 Å². The molecule has 3 heterocycles. The number of fused-ring (bicyclic) bond motifs is 1. The number of esters is 1. The van der Waals surface area contributed by atoms with Crippen molar-refractivity contribution in [1.82, 2.24) is 19.4 Å². The highest BCUT2D eigenvalue weighted by Gasteiger charge is 2.42. The Labute approximate surface area is 219 Å². The standard InChI is InChI=1S/C24H27F6N5O4/c25-16-12-18(27)17(26)10-14(16)9-15(31)11-20(36)34-1-2-35-19(13-34)21(32-23(35)24(28,29)30)22(37)39-8-5-33-3-6-38-7-4-33/h10,12,15H,1-9,11,13,31H2/t15-/m1/s1. The number of halogens is 6. The lowest BCUT2D eigenvalue weighted by atomic mass is 10.0. The number of carbonyl (C=O) groups excluding carboxylic acids is 2. The van der Waals surface area contributed by atoms with Crippen LogP contribution in [0, 0.1) is 17.5 Å². The molecule has 9 nitrogen and oxygen atoms in total. The molecule has 2 N–H and O–H groups in total. The number of alkyl halides is 3. The van der Waals surface area contributed by atoms with Gasteiger partial charge in [0.1, 0.15) is 12.4 Å². The Bertz CT molecular complexity index is 1210. The van der Waals surface area contributed by atoms with Gasteiger partial charge in [0.05, 0.1) is 25.5 Å². The first-order valence-electron chi connectivity index (χ1n) is 12.2. The molecule has 4 rings (SSSR count). The van der Waals surface area contributed by atoms with E-state index in [0.717, 1.165) is 4.57 Å². The van der Waals surface area contributed by atoms with Gasteiger partial charge in [-0.25, -0.2) is 22.9 Å². The average molecular weight is 563 g/mol. The van der Waals surface area contributed by atoms with Crippen LogP contribution >= 0.6 is 0 Å². The molecule has 15 heteroatoms. The van der Waals surface area contributed by atoms with Gasteiger partial charge in [0, 0.05) is 51.3 Å². The molecular formula is C24H27F6N5O4. The van der Waals surface area contributed by atoms with Gasteiger partial charge in [-0.2, -0.15) is 13.2 Å². The fraction of sp³-hybridized carbons (Fsp3) is 0.542. The molecule has 1 fully saturated rings. The third-order valence-corrected chi connectivity index (χ3v) is 6.56. The van der Waals surface area contributed by atoms with Gasteiger partial charge in [-0.1, -0.05) is 0 Å². The van der Waals surface area contributed by atoms with Crippen molar-refractivity contribution in [3.8, 4) is 0 Å². The Morgan fingerprint density at radius 3 is 2.44 bits per heavy atom. The maximum atomic E-state index is 14.0. The van der Waals surface area contributed by atoms with Crippen LogP contribution in [0.5, 0.6) is 0 Å². The molecule has 0 radical (unpaired) electrons. The quantitative estimate of drug-likeness (QED) is 0.298. The largest absolute Gasteiger partial charge is 0.460 e. The number of rotatable bonds is 8. The number of nitrogens with two attached hydrogens (primary N) is 1. The summed E-state index contributed by atoms with van der Waals surface area (Å²) in [5.41, 5.74) is 5.06. The van der Waals surface area contributed by atoms with Crippen molar-refractivity contribution in [3.63, 3.8) is 0 Å². The monoisotopic (exact) mass is 563 g/mol. The summed E-state index contributed by atoms with van der Waals surface area (Å²) < 4.78 is 92.8. The molecule has 1 amide bonds. The smallest absolute Gasteiger partial charge is 0.449 e. The van der Waals surface area contributed by atoms with Gasteiger partial charge in [0.15, 0.2) is 17.3 Å². The maximum absolute atomic E-state index is 14.0. The summed E-state index contributed by atoms with van der Waals surface area (Å²) in [4.78, 5) is 32.3. The van der Waals surface area contributed by atoms with E-state index >= 15 is 0 Å². The van der Waals surface area contributed by atoms with Crippen LogP contribution < -0.4 is 5.73 Å². The number of benzene rings is 1. The van der Waals surface area contributed by atoms with Gasteiger partial charge in [-0.15, -0.1) is 0 Å². The summed E-state index contributed by atoms with van der Waals surface area (Å²) in [5, 5.41) is 0. The average Bonchev–Trinajstić information content (AvgIpc) is 3.27. The lowest BCUT2D eigenvalue weighted by molar-refractivity contribution is -0.148. The molecule has 0 saturated carbocycles. The second-order valence-electron chi connectivity index (χ2n) is 9.31. The van der Waals surface area contributed by atoms with Crippen molar-refractivity contribution < 1.29 is 45.4 Å². The van der Waals surface area contributed by atoms with Gasteiger partial charge in [0.25, 0.3) is 0 Å². The molecule has 214 valence electrons. The van der Waals surface area contributed by atoms with Crippen LogP contribution in [0.15, 0.2) is 12.1 Å². The van der Waals surface area contributed by atoms with E-state index in [1.165, 1.54) is 4.90 Å². The molecule has 2 aliphatic rings. The van der Waals surface area contributed by atoms with Crippen molar-refractivity contribution in [2.45, 2.75) is 38.1 Å². The number of imidazole rings is 1. The second-order valence-corrected chi connectivity index (χ2v) is 9.31. The topological polar surface area (TPSA) is 103 Å². The predicted octanol–water partition coefficient (Wildman–Crippen LogP) is 2.11. The van der Waals surface area contributed by atoms with Gasteiger partial charge in [-0.3, -0.25) is 9.69 Å². The minimum Gasteiger partial charge on any atom is -0.460 e. The summed E-state index contributed by atoms with van der Waals surface area (Å²) in [6.07, 6.45) is -5.47. The minimum atomic E-state index is -4.84. The fourth-order valence-electron chi connectivity index (χ4n) is 4.55. The summed E-state index contributed by atoms with van der Waals surface area (Å²) >= 11 is 0. The summed E-state index contributed by atoms with van der Waals surface area (Å²) in [5.74, 6) is -6.52. The first-order valence-corrected chi connectivity index (χ1v) is 12.2. The number of morpholine rings is 1. The summed E-state index contributed by atoms with van der Waals surface area (Å²) in [6.45, 7) is 1.88. The van der Waals surface area contributed by atoms with Gasteiger partial charge in [-0.05, 0) is 18.1 Å². The highest BCUT2D eigenvalue weighted by atomic mass is 19.4. The Hall–Kier alpha value is -3.17. The molecule has 1 saturated heterocycles. The van der Waals surface area contributed by atoms with Crippen molar-refractivity contribution in [3.05, 3.63) is 52.4 Å². The van der Waals surface area contributed by atoms with Crippen LogP contribution in [-0.4, -0.2) is 83.3 Å². The molecular weight excluding hydrogens is 536 g/mol. The fourth-order valence-corrected chi connectivity index (χ4v) is 4.55. The lowest BCUT2D eigenvalue weighted by Gasteiger charge is -2.30. The summed E-state index contributed by atoms with van der Waals surface area (Å²) in [7, 11) is 0. The number of hydrogen-bond acceptors (Lipinski definition) is 7. The minimum absolute atomic E-state index is 0.0650. The van der Waals surface area contributed by atoms with Crippen molar-refractivity contribution in [1.29, 1.82) is 0 Å². The molecule has 0 unspecified atom stereocenters. The molecule has 1 aromatic heterocycles. The molecule has 0 aliphatic carbocycles. The molecule has 1 atom stereocenters. The van der Waals surface area contributed by atoms with Gasteiger partial charge < -0.3 is 24.7 Å². The van der Waals surface area contributed by atoms with E-state index in [1.54, 1.807) is 0 Å². The number of hydrogen-bond donors (Lipinski definition) is 1. The van der Waals surface area contributed by atoms with Crippen LogP contribution in [0.25, 0.3) is 0 Å². The van der Waals surface area contributed by atoms with E-state index < -0.39 is 53.1 Å². The van der Waals surface area contributed by atoms with E-state index in [4.69, 9.17) is 15.2 Å². The number of ether oxygens (including phenoxy) is 2. The molecule has 0 bridgehead atoms. The zero-order valence-electron chi connectivity index (χ0n) is 20.8. The zero-order valence-corrected chi connectivity index (χ0v) is 20.8. The van der Waals surface area contributed by atoms with Crippen LogP contribution in [0.2, 0.25) is 0 Å². The third-order valence-electron chi connectivity index (χ3n) is 6.56. The first kappa shape index (κ1) is 28.8. The lowest BCUT2D eigenvalue weighted by Crippen LogP contribution is -2.42. The van der Waals surface area contributed by atoms with Crippen LogP contribution in [-0.2, 0) is 40.0 Å². The van der Waals surface area contributed by atoms with E-state index in [2.05, 4.69) is 4.98 Å². The zero-order chi connectivity index (χ0) is 28.3. The first-order chi connectivity index (χ1) is 18.4. The second kappa shape index (κ2) is 11.9. The Balaban J connectivity index is 1.43. The number of aromatic nitrogens is 2.